The number of benzene rings is 2. The Labute approximate surface area is 169 Å². The number of aromatic nitrogens is 3. The highest BCUT2D eigenvalue weighted by Crippen LogP contribution is 2.40. The van der Waals surface area contributed by atoms with Crippen molar-refractivity contribution in [3.05, 3.63) is 71.5 Å². The summed E-state index contributed by atoms with van der Waals surface area (Å²) in [5.41, 5.74) is 3.32. The lowest BCUT2D eigenvalue weighted by molar-refractivity contribution is -0.120. The summed E-state index contributed by atoms with van der Waals surface area (Å²) in [4.78, 5) is 17.2. The minimum atomic E-state index is -0.260. The first-order valence-corrected chi connectivity index (χ1v) is 10.5. The standard InChI is InChI=1S/C22H24N4OS/c1-15-8-10-17(11-9-15)14-23-21(27)16(2)28-22-24-20(18-12-13-18)26(25-22)19-6-4-3-5-7-19/h3-11,16,18H,12-14H2,1-2H3,(H,23,27)/t16-/m1/s1. The summed E-state index contributed by atoms with van der Waals surface area (Å²) >= 11 is 1.41. The van der Waals surface area contributed by atoms with Crippen LogP contribution in [0.5, 0.6) is 0 Å². The fraction of sp³-hybridized carbons (Fsp3) is 0.318. The van der Waals surface area contributed by atoms with Gasteiger partial charge >= 0.3 is 0 Å². The summed E-state index contributed by atoms with van der Waals surface area (Å²) in [5.74, 6) is 1.48. The normalized spacial score (nSPS) is 14.6. The van der Waals surface area contributed by atoms with Crippen LogP contribution in [-0.2, 0) is 11.3 Å². The third kappa shape index (κ3) is 4.44. The fourth-order valence-electron chi connectivity index (χ4n) is 2.97. The Morgan fingerprint density at radius 2 is 1.89 bits per heavy atom. The fourth-order valence-corrected chi connectivity index (χ4v) is 3.75. The second-order valence-corrected chi connectivity index (χ2v) is 8.55. The van der Waals surface area contributed by atoms with E-state index < -0.39 is 0 Å². The molecule has 0 saturated heterocycles. The first kappa shape index (κ1) is 18.7. The monoisotopic (exact) mass is 392 g/mol. The van der Waals surface area contributed by atoms with Gasteiger partial charge in [0.2, 0.25) is 11.1 Å². The van der Waals surface area contributed by atoms with Gasteiger partial charge in [-0.25, -0.2) is 9.67 Å². The third-order valence-corrected chi connectivity index (χ3v) is 5.75. The minimum Gasteiger partial charge on any atom is -0.351 e. The van der Waals surface area contributed by atoms with Crippen molar-refractivity contribution in [2.24, 2.45) is 0 Å². The minimum absolute atomic E-state index is 0.00499. The summed E-state index contributed by atoms with van der Waals surface area (Å²) in [6.45, 7) is 4.48. The lowest BCUT2D eigenvalue weighted by Crippen LogP contribution is -2.30. The van der Waals surface area contributed by atoms with Gasteiger partial charge in [-0.3, -0.25) is 4.79 Å². The van der Waals surface area contributed by atoms with E-state index in [0.717, 1.165) is 29.9 Å². The number of amides is 1. The number of para-hydroxylation sites is 1. The predicted molar refractivity (Wildman–Crippen MR) is 112 cm³/mol. The molecule has 3 aromatic rings. The van der Waals surface area contributed by atoms with E-state index in [1.165, 1.54) is 17.3 Å². The molecule has 1 amide bonds. The topological polar surface area (TPSA) is 59.8 Å². The van der Waals surface area contributed by atoms with Crippen molar-refractivity contribution < 1.29 is 4.79 Å². The molecule has 144 valence electrons. The largest absolute Gasteiger partial charge is 0.351 e. The predicted octanol–water partition coefficient (Wildman–Crippen LogP) is 4.25. The number of rotatable bonds is 7. The molecular weight excluding hydrogens is 368 g/mol. The van der Waals surface area contributed by atoms with Gasteiger partial charge < -0.3 is 5.32 Å². The van der Waals surface area contributed by atoms with E-state index in [-0.39, 0.29) is 11.2 Å². The molecule has 28 heavy (non-hydrogen) atoms. The molecule has 1 saturated carbocycles. The van der Waals surface area contributed by atoms with Crippen molar-refractivity contribution in [1.82, 2.24) is 20.1 Å². The molecule has 4 rings (SSSR count). The van der Waals surface area contributed by atoms with Gasteiger partial charge in [0.15, 0.2) is 0 Å². The highest BCUT2D eigenvalue weighted by molar-refractivity contribution is 8.00. The van der Waals surface area contributed by atoms with Crippen molar-refractivity contribution >= 4 is 17.7 Å². The van der Waals surface area contributed by atoms with Gasteiger partial charge in [-0.1, -0.05) is 59.8 Å². The SMILES string of the molecule is Cc1ccc(CNC(=O)[C@@H](C)Sc2nc(C3CC3)n(-c3ccccc3)n2)cc1. The molecule has 0 unspecified atom stereocenters. The number of nitrogens with zero attached hydrogens (tertiary/aromatic N) is 3. The Morgan fingerprint density at radius 3 is 2.57 bits per heavy atom. The molecule has 5 nitrogen and oxygen atoms in total. The summed E-state index contributed by atoms with van der Waals surface area (Å²) in [5, 5.41) is 8.08. The maximum absolute atomic E-state index is 12.5. The zero-order valence-corrected chi connectivity index (χ0v) is 16.9. The molecule has 1 aromatic heterocycles. The van der Waals surface area contributed by atoms with E-state index in [0.29, 0.717) is 17.6 Å². The molecule has 0 spiro atoms. The number of hydrogen-bond donors (Lipinski definition) is 1. The average Bonchev–Trinajstić information content (AvgIpc) is 3.48. The first-order valence-electron chi connectivity index (χ1n) is 9.62. The van der Waals surface area contributed by atoms with E-state index >= 15 is 0 Å². The van der Waals surface area contributed by atoms with Crippen molar-refractivity contribution in [1.29, 1.82) is 0 Å². The maximum atomic E-state index is 12.5. The molecule has 2 aromatic carbocycles. The zero-order chi connectivity index (χ0) is 19.5. The van der Waals surface area contributed by atoms with Gasteiger partial charge in [0, 0.05) is 12.5 Å². The van der Waals surface area contributed by atoms with E-state index in [4.69, 9.17) is 4.98 Å². The maximum Gasteiger partial charge on any atom is 0.233 e. The molecule has 6 heteroatoms. The van der Waals surface area contributed by atoms with Gasteiger partial charge in [0.05, 0.1) is 10.9 Å². The second-order valence-electron chi connectivity index (χ2n) is 7.24. The quantitative estimate of drug-likeness (QED) is 0.611. The van der Waals surface area contributed by atoms with Gasteiger partial charge in [0.1, 0.15) is 5.82 Å². The Bertz CT molecular complexity index is 948. The Hall–Kier alpha value is -2.60. The van der Waals surface area contributed by atoms with Gasteiger partial charge in [-0.2, -0.15) is 0 Å². The van der Waals surface area contributed by atoms with E-state index in [2.05, 4.69) is 29.5 Å². The van der Waals surface area contributed by atoms with Crippen LogP contribution in [0.2, 0.25) is 0 Å². The van der Waals surface area contributed by atoms with Gasteiger partial charge in [0.25, 0.3) is 0 Å². The van der Waals surface area contributed by atoms with Crippen LogP contribution in [0.4, 0.5) is 0 Å². The Kier molecular flexibility index (Phi) is 5.48. The highest BCUT2D eigenvalue weighted by atomic mass is 32.2. The lowest BCUT2D eigenvalue weighted by Gasteiger charge is -2.10. The third-order valence-electron chi connectivity index (χ3n) is 4.79. The van der Waals surface area contributed by atoms with Gasteiger partial charge in [-0.05, 0) is 44.4 Å². The molecule has 0 radical (unpaired) electrons. The van der Waals surface area contributed by atoms with Crippen molar-refractivity contribution in [3.63, 3.8) is 0 Å². The number of carbonyl (C=O) groups excluding carboxylic acids is 1. The van der Waals surface area contributed by atoms with Crippen molar-refractivity contribution in [3.8, 4) is 5.69 Å². The molecule has 1 heterocycles. The molecule has 1 aliphatic carbocycles. The number of carbonyl (C=O) groups is 1. The first-order chi connectivity index (χ1) is 13.6. The van der Waals surface area contributed by atoms with Crippen LogP contribution < -0.4 is 5.32 Å². The van der Waals surface area contributed by atoms with E-state index in [1.807, 2.05) is 54.1 Å². The number of aryl methyl sites for hydroxylation is 1. The molecule has 1 atom stereocenters. The number of nitrogens with one attached hydrogen (secondary N) is 1. The Balaban J connectivity index is 1.42. The summed E-state index contributed by atoms with van der Waals surface area (Å²) < 4.78 is 1.93. The summed E-state index contributed by atoms with van der Waals surface area (Å²) in [6, 6.07) is 18.3. The van der Waals surface area contributed by atoms with E-state index in [1.54, 1.807) is 0 Å². The van der Waals surface area contributed by atoms with Crippen LogP contribution >= 0.6 is 11.8 Å². The van der Waals surface area contributed by atoms with Crippen LogP contribution in [0.1, 0.15) is 42.6 Å². The van der Waals surface area contributed by atoms with Crippen molar-refractivity contribution in [2.75, 3.05) is 0 Å². The number of thioether (sulfide) groups is 1. The zero-order valence-electron chi connectivity index (χ0n) is 16.1. The highest BCUT2D eigenvalue weighted by Gasteiger charge is 2.31. The van der Waals surface area contributed by atoms with Crippen LogP contribution in [0.25, 0.3) is 5.69 Å². The van der Waals surface area contributed by atoms with Crippen LogP contribution in [-0.4, -0.2) is 25.9 Å². The summed E-state index contributed by atoms with van der Waals surface area (Å²) in [6.07, 6.45) is 2.31. The second kappa shape index (κ2) is 8.19. The van der Waals surface area contributed by atoms with Crippen LogP contribution in [0.15, 0.2) is 59.8 Å². The van der Waals surface area contributed by atoms with Gasteiger partial charge in [-0.15, -0.1) is 5.10 Å². The Morgan fingerprint density at radius 1 is 1.18 bits per heavy atom. The molecule has 1 fully saturated rings. The summed E-state index contributed by atoms with van der Waals surface area (Å²) in [7, 11) is 0. The van der Waals surface area contributed by atoms with E-state index in [9.17, 15) is 4.79 Å². The number of hydrogen-bond acceptors (Lipinski definition) is 4. The molecule has 0 aliphatic heterocycles. The molecule has 1 N–H and O–H groups in total. The molecule has 1 aliphatic rings. The lowest BCUT2D eigenvalue weighted by atomic mass is 10.1. The average molecular weight is 393 g/mol. The van der Waals surface area contributed by atoms with Crippen LogP contribution in [0, 0.1) is 6.92 Å². The molecular formula is C22H24N4OS. The smallest absolute Gasteiger partial charge is 0.233 e. The van der Waals surface area contributed by atoms with Crippen LogP contribution in [0.3, 0.4) is 0 Å². The van der Waals surface area contributed by atoms with Crippen molar-refractivity contribution in [2.45, 2.75) is 49.6 Å². The molecule has 0 bridgehead atoms.